The Balaban J connectivity index is 1.86. The van der Waals surface area contributed by atoms with Gasteiger partial charge in [-0.25, -0.2) is 15.0 Å². The van der Waals surface area contributed by atoms with Crippen LogP contribution in [0.25, 0.3) is 22.3 Å². The van der Waals surface area contributed by atoms with Crippen LogP contribution in [0.3, 0.4) is 0 Å². The number of ether oxygens (including phenoxy) is 1. The molecule has 3 aromatic heterocycles. The highest BCUT2D eigenvalue weighted by molar-refractivity contribution is 6.32. The van der Waals surface area contributed by atoms with Crippen LogP contribution in [-0.4, -0.2) is 31.5 Å². The molecule has 0 bridgehead atoms. The number of H-pyrrole nitrogens is 1. The van der Waals surface area contributed by atoms with E-state index in [1.807, 2.05) is 26.0 Å². The molecule has 0 aliphatic carbocycles. The van der Waals surface area contributed by atoms with Crippen LogP contribution in [0, 0.1) is 11.3 Å². The number of nitrogens with one attached hydrogen (secondary N) is 2. The average molecular weight is 420 g/mol. The minimum Gasteiger partial charge on any atom is -0.493 e. The number of rotatable bonds is 6. The van der Waals surface area contributed by atoms with Crippen molar-refractivity contribution >= 4 is 28.6 Å². The number of aromatic amines is 1. The molecule has 4 aromatic rings. The van der Waals surface area contributed by atoms with E-state index in [4.69, 9.17) is 16.3 Å². The van der Waals surface area contributed by atoms with Gasteiger partial charge in [0.05, 0.1) is 29.6 Å². The highest BCUT2D eigenvalue weighted by Gasteiger charge is 2.24. The van der Waals surface area contributed by atoms with Gasteiger partial charge in [-0.05, 0) is 26.0 Å². The predicted octanol–water partition coefficient (Wildman–Crippen LogP) is 4.51. The first-order valence-electron chi connectivity index (χ1n) is 9.34. The Morgan fingerprint density at radius 2 is 2.20 bits per heavy atom. The molecule has 8 nitrogen and oxygen atoms in total. The van der Waals surface area contributed by atoms with Gasteiger partial charge in [-0.15, -0.1) is 0 Å². The molecule has 0 saturated carbocycles. The van der Waals surface area contributed by atoms with Crippen molar-refractivity contribution in [3.05, 3.63) is 59.4 Å². The predicted molar refractivity (Wildman–Crippen MR) is 114 cm³/mol. The molecular formula is C21H18ClN7O. The van der Waals surface area contributed by atoms with Gasteiger partial charge in [0.2, 0.25) is 0 Å². The van der Waals surface area contributed by atoms with Crippen LogP contribution in [0.5, 0.6) is 5.75 Å². The van der Waals surface area contributed by atoms with E-state index in [-0.39, 0.29) is 6.04 Å². The van der Waals surface area contributed by atoms with Crippen LogP contribution in [-0.2, 0) is 0 Å². The first kappa shape index (κ1) is 19.6. The van der Waals surface area contributed by atoms with Crippen molar-refractivity contribution < 1.29 is 4.74 Å². The van der Waals surface area contributed by atoms with E-state index in [9.17, 15) is 5.26 Å². The summed E-state index contributed by atoms with van der Waals surface area (Å²) in [6.45, 7) is 4.30. The van der Waals surface area contributed by atoms with Crippen LogP contribution >= 0.6 is 11.6 Å². The number of hydrogen-bond acceptors (Lipinski definition) is 7. The number of nitrogens with zero attached hydrogens (tertiary/aromatic N) is 5. The first-order valence-corrected chi connectivity index (χ1v) is 9.72. The Morgan fingerprint density at radius 1 is 1.33 bits per heavy atom. The summed E-state index contributed by atoms with van der Waals surface area (Å²) in [6, 6.07) is 7.41. The van der Waals surface area contributed by atoms with Crippen LogP contribution < -0.4 is 10.1 Å². The Labute approximate surface area is 177 Å². The third-order valence-corrected chi connectivity index (χ3v) is 4.95. The van der Waals surface area contributed by atoms with E-state index in [1.165, 1.54) is 6.33 Å². The van der Waals surface area contributed by atoms with Crippen LogP contribution in [0.2, 0.25) is 5.02 Å². The van der Waals surface area contributed by atoms with Crippen molar-refractivity contribution in [3.63, 3.8) is 0 Å². The smallest absolute Gasteiger partial charge is 0.182 e. The molecule has 0 aliphatic heterocycles. The van der Waals surface area contributed by atoms with Gasteiger partial charge in [-0.3, -0.25) is 4.98 Å². The molecule has 0 aliphatic rings. The molecule has 30 heavy (non-hydrogen) atoms. The second-order valence-corrected chi connectivity index (χ2v) is 6.91. The summed E-state index contributed by atoms with van der Waals surface area (Å²) in [5.74, 6) is 1.19. The molecule has 150 valence electrons. The minimum absolute atomic E-state index is 0.242. The Morgan fingerprint density at radius 3 is 2.93 bits per heavy atom. The molecule has 0 saturated heterocycles. The van der Waals surface area contributed by atoms with Gasteiger partial charge in [-0.1, -0.05) is 17.7 Å². The Hall–Kier alpha value is -3.70. The number of fused-ring (bicyclic) bond motifs is 1. The van der Waals surface area contributed by atoms with Crippen molar-refractivity contribution in [1.29, 1.82) is 5.26 Å². The summed E-state index contributed by atoms with van der Waals surface area (Å²) in [7, 11) is 0. The largest absolute Gasteiger partial charge is 0.493 e. The molecule has 9 heteroatoms. The highest BCUT2D eigenvalue weighted by atomic mass is 35.5. The molecule has 1 atom stereocenters. The number of imidazole rings is 1. The second-order valence-electron chi connectivity index (χ2n) is 6.50. The van der Waals surface area contributed by atoms with Crippen molar-refractivity contribution in [2.45, 2.75) is 19.9 Å². The van der Waals surface area contributed by atoms with Gasteiger partial charge in [-0.2, -0.15) is 5.26 Å². The van der Waals surface area contributed by atoms with Crippen LogP contribution in [0.1, 0.15) is 31.0 Å². The van der Waals surface area contributed by atoms with Crippen molar-refractivity contribution in [3.8, 4) is 22.9 Å². The second kappa shape index (κ2) is 8.35. The fraction of sp³-hybridized carbons (Fsp3) is 0.190. The number of nitriles is 1. The summed E-state index contributed by atoms with van der Waals surface area (Å²) >= 11 is 6.51. The monoisotopic (exact) mass is 419 g/mol. The lowest BCUT2D eigenvalue weighted by Crippen LogP contribution is -2.12. The zero-order valence-corrected chi connectivity index (χ0v) is 17.1. The molecule has 3 heterocycles. The molecule has 0 amide bonds. The third-order valence-electron chi connectivity index (χ3n) is 4.65. The van der Waals surface area contributed by atoms with Gasteiger partial charge >= 0.3 is 0 Å². The molecule has 1 unspecified atom stereocenters. The van der Waals surface area contributed by atoms with Crippen LogP contribution in [0.4, 0.5) is 5.82 Å². The van der Waals surface area contributed by atoms with Gasteiger partial charge in [0.1, 0.15) is 23.7 Å². The molecule has 0 fully saturated rings. The third kappa shape index (κ3) is 3.51. The van der Waals surface area contributed by atoms with Crippen LogP contribution in [0.15, 0.2) is 43.2 Å². The van der Waals surface area contributed by atoms with E-state index < -0.39 is 0 Å². The maximum absolute atomic E-state index is 9.76. The lowest BCUT2D eigenvalue weighted by Gasteiger charge is -2.22. The maximum Gasteiger partial charge on any atom is 0.182 e. The summed E-state index contributed by atoms with van der Waals surface area (Å²) in [4.78, 5) is 19.9. The van der Waals surface area contributed by atoms with Crippen molar-refractivity contribution in [1.82, 2.24) is 24.9 Å². The maximum atomic E-state index is 9.76. The summed E-state index contributed by atoms with van der Waals surface area (Å²) in [5, 5.41) is 13.5. The lowest BCUT2D eigenvalue weighted by atomic mass is 9.94. The summed E-state index contributed by atoms with van der Waals surface area (Å²) < 4.78 is 6.02. The fourth-order valence-corrected chi connectivity index (χ4v) is 3.58. The standard InChI is InChI=1S/C21H18ClN7O/c1-3-30-19-14(12(2)29-21-18-20(26-10-25-18)27-11-28-21)7-16(22)15(8-23)17(19)13-5-4-6-24-9-13/h4-7,9-12H,3H2,1-2H3,(H2,25,26,27,28,29). The van der Waals surface area contributed by atoms with Gasteiger partial charge < -0.3 is 15.0 Å². The lowest BCUT2D eigenvalue weighted by molar-refractivity contribution is 0.336. The number of pyridine rings is 1. The fourth-order valence-electron chi connectivity index (χ4n) is 3.33. The van der Waals surface area contributed by atoms with Crippen molar-refractivity contribution in [2.24, 2.45) is 0 Å². The molecular weight excluding hydrogens is 402 g/mol. The van der Waals surface area contributed by atoms with E-state index in [2.05, 4.69) is 36.3 Å². The average Bonchev–Trinajstić information content (AvgIpc) is 3.25. The van der Waals surface area contributed by atoms with Gasteiger partial charge in [0.25, 0.3) is 0 Å². The number of halogens is 1. The van der Waals surface area contributed by atoms with E-state index >= 15 is 0 Å². The SMILES string of the molecule is CCOc1c(C(C)Nc2ncnc3nc[nH]c23)cc(Cl)c(C#N)c1-c1cccnc1. The number of anilines is 1. The van der Waals surface area contributed by atoms with Gasteiger partial charge in [0, 0.05) is 29.1 Å². The molecule has 1 aromatic carbocycles. The highest BCUT2D eigenvalue weighted by Crippen LogP contribution is 2.43. The first-order chi connectivity index (χ1) is 14.6. The normalized spacial score (nSPS) is 11.8. The Bertz CT molecular complexity index is 1230. The zero-order valence-electron chi connectivity index (χ0n) is 16.3. The summed E-state index contributed by atoms with van der Waals surface area (Å²) in [5.41, 5.74) is 3.80. The van der Waals surface area contributed by atoms with E-state index in [0.29, 0.717) is 45.5 Å². The summed E-state index contributed by atoms with van der Waals surface area (Å²) in [6.07, 6.45) is 6.39. The van der Waals surface area contributed by atoms with E-state index in [0.717, 1.165) is 11.1 Å². The number of hydrogen-bond donors (Lipinski definition) is 2. The molecule has 4 rings (SSSR count). The molecule has 0 radical (unpaired) electrons. The molecule has 2 N–H and O–H groups in total. The minimum atomic E-state index is -0.242. The topological polar surface area (TPSA) is 112 Å². The van der Waals surface area contributed by atoms with Crippen molar-refractivity contribution in [2.75, 3.05) is 11.9 Å². The number of aromatic nitrogens is 5. The molecule has 0 spiro atoms. The zero-order chi connectivity index (χ0) is 21.1. The van der Waals surface area contributed by atoms with Gasteiger partial charge in [0.15, 0.2) is 11.5 Å². The number of benzene rings is 1. The van der Waals surface area contributed by atoms with E-state index in [1.54, 1.807) is 24.8 Å². The quantitative estimate of drug-likeness (QED) is 0.472. The Kier molecular flexibility index (Phi) is 5.46.